The normalized spacial score (nSPS) is 20.6. The molecule has 4 aliphatic rings. The van der Waals surface area contributed by atoms with Gasteiger partial charge in [0.15, 0.2) is 0 Å². The van der Waals surface area contributed by atoms with Crippen LogP contribution in [0.3, 0.4) is 0 Å². The van der Waals surface area contributed by atoms with Crippen LogP contribution in [0.25, 0.3) is 27.5 Å². The molecule has 3 nitrogen and oxygen atoms in total. The summed E-state index contributed by atoms with van der Waals surface area (Å²) in [6, 6.07) is 44.3. The zero-order valence-corrected chi connectivity index (χ0v) is 32.7. The average Bonchev–Trinajstić information content (AvgIpc) is 3.61. The third-order valence-electron chi connectivity index (χ3n) is 14.3. The molecule has 4 heteroatoms. The van der Waals surface area contributed by atoms with E-state index in [1.165, 1.54) is 115 Å². The highest BCUT2D eigenvalue weighted by molar-refractivity contribution is 7.00. The zero-order valence-electron chi connectivity index (χ0n) is 32.7. The maximum atomic E-state index is 2.88. The van der Waals surface area contributed by atoms with Crippen molar-refractivity contribution in [3.63, 3.8) is 0 Å². The fourth-order valence-corrected chi connectivity index (χ4v) is 11.3. The molecule has 2 atom stereocenters. The highest BCUT2D eigenvalue weighted by atomic mass is 15.3. The second-order valence-corrected chi connectivity index (χ2v) is 18.2. The third kappa shape index (κ3) is 3.94. The number of hydrogen-bond acceptors (Lipinski definition) is 2. The Morgan fingerprint density at radius 1 is 0.667 bits per heavy atom. The Morgan fingerprint density at radius 3 is 2.04 bits per heavy atom. The number of fused-ring (bicyclic) bond motifs is 10. The van der Waals surface area contributed by atoms with Crippen LogP contribution in [-0.4, -0.2) is 16.8 Å². The van der Waals surface area contributed by atoms with Crippen molar-refractivity contribution < 1.29 is 0 Å². The van der Waals surface area contributed by atoms with Crippen LogP contribution < -0.4 is 26.2 Å². The smallest absolute Gasteiger partial charge is 0.252 e. The van der Waals surface area contributed by atoms with Gasteiger partial charge in [0.05, 0.1) is 16.7 Å². The van der Waals surface area contributed by atoms with E-state index in [0.717, 1.165) is 0 Å². The van der Waals surface area contributed by atoms with Crippen LogP contribution >= 0.6 is 0 Å². The predicted octanol–water partition coefficient (Wildman–Crippen LogP) is 11.1. The van der Waals surface area contributed by atoms with Crippen molar-refractivity contribution in [2.24, 2.45) is 0 Å². The summed E-state index contributed by atoms with van der Waals surface area (Å²) < 4.78 is 2.63. The minimum Gasteiger partial charge on any atom is -0.335 e. The van der Waals surface area contributed by atoms with Gasteiger partial charge >= 0.3 is 0 Å². The lowest BCUT2D eigenvalue weighted by Gasteiger charge is -2.52. The summed E-state index contributed by atoms with van der Waals surface area (Å²) in [7, 11) is 0. The van der Waals surface area contributed by atoms with Gasteiger partial charge in [-0.25, -0.2) is 0 Å². The van der Waals surface area contributed by atoms with E-state index in [1.54, 1.807) is 5.56 Å². The summed E-state index contributed by atoms with van der Waals surface area (Å²) in [4.78, 5) is 5.42. The molecule has 1 saturated carbocycles. The van der Waals surface area contributed by atoms with E-state index in [9.17, 15) is 0 Å². The minimum absolute atomic E-state index is 0.0322. The lowest BCUT2D eigenvalue weighted by molar-refractivity contribution is 0.195. The van der Waals surface area contributed by atoms with Crippen molar-refractivity contribution in [2.75, 3.05) is 9.80 Å². The number of para-hydroxylation sites is 4. The fraction of sp³-hybridized carbons (Fsp3) is 0.280. The number of rotatable bonds is 3. The van der Waals surface area contributed by atoms with E-state index in [0.29, 0.717) is 0 Å². The number of anilines is 5. The first-order chi connectivity index (χ1) is 26.0. The molecule has 0 N–H and O–H groups in total. The predicted molar refractivity (Wildman–Crippen MR) is 231 cm³/mol. The van der Waals surface area contributed by atoms with Crippen molar-refractivity contribution in [1.82, 2.24) is 4.57 Å². The zero-order chi connectivity index (χ0) is 36.9. The van der Waals surface area contributed by atoms with Crippen LogP contribution in [0.1, 0.15) is 82.6 Å². The average molecular weight is 702 g/mol. The molecule has 54 heavy (non-hydrogen) atoms. The van der Waals surface area contributed by atoms with Crippen molar-refractivity contribution in [3.8, 4) is 5.69 Å². The highest BCUT2D eigenvalue weighted by Crippen LogP contribution is 2.62. The molecule has 266 valence electrons. The highest BCUT2D eigenvalue weighted by Gasteiger charge is 2.61. The molecular weight excluding hydrogens is 653 g/mol. The molecule has 0 amide bonds. The lowest BCUT2D eigenvalue weighted by atomic mass is 9.33. The molecule has 0 saturated heterocycles. The maximum absolute atomic E-state index is 2.88. The summed E-state index contributed by atoms with van der Waals surface area (Å²) >= 11 is 0. The molecule has 0 bridgehead atoms. The standard InChI is InChI=1S/C50H48BN3/c1-31-17-8-11-22-40(31)52(41-23-12-9-18-32(41)2)34-29-43-45-44(30-34)54-47-37(49(6)25-14-15-26-50(49,54)7)27-33(48(3,4)5)28-39(47)51(45)38-21-16-20-36-35-19-10-13-24-42(35)53(43)46(36)38/h8-13,16-24,27-30H,14-15,25-26H2,1-7H3. The van der Waals surface area contributed by atoms with Crippen LogP contribution in [0.4, 0.5) is 28.4 Å². The molecule has 2 unspecified atom stereocenters. The molecule has 0 spiro atoms. The van der Waals surface area contributed by atoms with Gasteiger partial charge in [0.25, 0.3) is 6.71 Å². The number of nitrogens with zero attached hydrogens (tertiary/aromatic N) is 3. The van der Waals surface area contributed by atoms with Gasteiger partial charge in [0.2, 0.25) is 0 Å². The lowest BCUT2D eigenvalue weighted by Crippen LogP contribution is -2.64. The Bertz CT molecular complexity index is 2700. The SMILES string of the molecule is Cc1ccccc1N(c1cc2c3c(c1)-n1c4ccccc4c4cccc(c41)B3c1cc(C(C)(C)C)cc3c1N2C1(C)CCCCC31C)c1ccccc1C. The van der Waals surface area contributed by atoms with Gasteiger partial charge in [-0.1, -0.05) is 125 Å². The summed E-state index contributed by atoms with van der Waals surface area (Å²) in [5.74, 6) is 0. The molecular formula is C50H48BN3. The van der Waals surface area contributed by atoms with E-state index in [2.05, 4.69) is 178 Å². The van der Waals surface area contributed by atoms with Crippen molar-refractivity contribution in [1.29, 1.82) is 0 Å². The van der Waals surface area contributed by atoms with E-state index in [-0.39, 0.29) is 23.1 Å². The van der Waals surface area contributed by atoms with Crippen LogP contribution in [-0.2, 0) is 10.8 Å². The van der Waals surface area contributed by atoms with E-state index < -0.39 is 0 Å². The third-order valence-corrected chi connectivity index (χ3v) is 14.3. The summed E-state index contributed by atoms with van der Waals surface area (Å²) in [5.41, 5.74) is 20.4. The maximum Gasteiger partial charge on any atom is 0.252 e. The van der Waals surface area contributed by atoms with Crippen LogP contribution in [0, 0.1) is 13.8 Å². The largest absolute Gasteiger partial charge is 0.335 e. The molecule has 11 rings (SSSR count). The van der Waals surface area contributed by atoms with Gasteiger partial charge in [0.1, 0.15) is 0 Å². The van der Waals surface area contributed by atoms with Gasteiger partial charge in [-0.05, 0) is 108 Å². The number of aryl methyl sites for hydroxylation is 2. The Kier molecular flexibility index (Phi) is 6.40. The quantitative estimate of drug-likeness (QED) is 0.170. The minimum atomic E-state index is -0.0581. The molecule has 4 heterocycles. The first kappa shape index (κ1) is 32.2. The Balaban J connectivity index is 1.33. The Labute approximate surface area is 320 Å². The van der Waals surface area contributed by atoms with Crippen molar-refractivity contribution >= 4 is 73.3 Å². The summed E-state index contributed by atoms with van der Waals surface area (Å²) in [6.07, 6.45) is 4.93. The molecule has 1 aromatic heterocycles. The molecule has 7 aromatic rings. The topological polar surface area (TPSA) is 11.4 Å². The fourth-order valence-electron chi connectivity index (χ4n) is 11.3. The number of aromatic nitrogens is 1. The molecule has 0 radical (unpaired) electrons. The monoisotopic (exact) mass is 701 g/mol. The van der Waals surface area contributed by atoms with Crippen LogP contribution in [0.2, 0.25) is 0 Å². The second kappa shape index (κ2) is 10.7. The number of benzene rings is 6. The second-order valence-electron chi connectivity index (χ2n) is 18.2. The van der Waals surface area contributed by atoms with Crippen LogP contribution in [0.5, 0.6) is 0 Å². The molecule has 1 fully saturated rings. The van der Waals surface area contributed by atoms with Gasteiger partial charge in [-0.3, -0.25) is 0 Å². The van der Waals surface area contributed by atoms with Gasteiger partial charge in [-0.2, -0.15) is 0 Å². The molecule has 3 aliphatic heterocycles. The Hall–Kier alpha value is -5.22. The van der Waals surface area contributed by atoms with Gasteiger partial charge in [-0.15, -0.1) is 0 Å². The Morgan fingerprint density at radius 2 is 1.31 bits per heavy atom. The molecule has 6 aromatic carbocycles. The summed E-state index contributed by atoms with van der Waals surface area (Å²) in [5, 5.41) is 2.66. The van der Waals surface area contributed by atoms with E-state index >= 15 is 0 Å². The van der Waals surface area contributed by atoms with Crippen molar-refractivity contribution in [2.45, 2.75) is 90.5 Å². The van der Waals surface area contributed by atoms with Crippen LogP contribution in [0.15, 0.2) is 115 Å². The molecule has 1 aliphatic carbocycles. The van der Waals surface area contributed by atoms with Crippen molar-refractivity contribution in [3.05, 3.63) is 138 Å². The van der Waals surface area contributed by atoms with E-state index in [4.69, 9.17) is 0 Å². The van der Waals surface area contributed by atoms with Gasteiger partial charge < -0.3 is 14.4 Å². The van der Waals surface area contributed by atoms with E-state index in [1.807, 2.05) is 0 Å². The first-order valence-electron chi connectivity index (χ1n) is 20.1. The van der Waals surface area contributed by atoms with Gasteiger partial charge in [0, 0.05) is 50.1 Å². The number of hydrogen-bond donors (Lipinski definition) is 0. The summed E-state index contributed by atoms with van der Waals surface area (Å²) in [6.45, 7) is 17.0. The first-order valence-corrected chi connectivity index (χ1v) is 20.1.